The zero-order chi connectivity index (χ0) is 76.1. The van der Waals surface area contributed by atoms with E-state index in [4.69, 9.17) is 38.2 Å². The van der Waals surface area contributed by atoms with Crippen molar-refractivity contribution in [3.63, 3.8) is 0 Å². The molecule has 0 aromatic carbocycles. The minimum atomic E-state index is -1.20. The quantitative estimate of drug-likeness (QED) is 0.0323. The molecule has 0 bridgehead atoms. The fraction of sp³-hybridized carbons (Fsp3) is 0.392. The van der Waals surface area contributed by atoms with Crippen molar-refractivity contribution in [2.45, 2.75) is 150 Å². The number of methoxy groups -OCH3 is 2. The molecule has 0 saturated carbocycles. The average Bonchev–Trinajstić information content (AvgIpc) is 1.47. The van der Waals surface area contributed by atoms with E-state index in [-0.39, 0.29) is 23.9 Å². The van der Waals surface area contributed by atoms with Gasteiger partial charge in [-0.2, -0.15) is 0 Å². The van der Waals surface area contributed by atoms with Crippen LogP contribution in [0.15, 0.2) is 137 Å². The van der Waals surface area contributed by atoms with E-state index in [1.807, 2.05) is 122 Å². The van der Waals surface area contributed by atoms with Crippen LogP contribution in [0.3, 0.4) is 0 Å². The van der Waals surface area contributed by atoms with E-state index in [0.29, 0.717) is 60.5 Å². The number of aromatic amines is 1. The lowest BCUT2D eigenvalue weighted by atomic mass is 9.80. The molecule has 0 atom stereocenters. The number of pyridine rings is 9. The van der Waals surface area contributed by atoms with Crippen LogP contribution < -0.4 is 35.6 Å². The number of halogens is 1. The predicted molar refractivity (Wildman–Crippen MR) is 436 cm³/mol. The van der Waals surface area contributed by atoms with Crippen molar-refractivity contribution in [2.75, 3.05) is 56.0 Å². The third kappa shape index (κ3) is 21.2. The van der Waals surface area contributed by atoms with Crippen LogP contribution in [0.1, 0.15) is 102 Å². The molecule has 32 heteroatoms. The van der Waals surface area contributed by atoms with Gasteiger partial charge >= 0.3 is 7.12 Å². The van der Waals surface area contributed by atoms with Crippen molar-refractivity contribution in [1.82, 2.24) is 75.4 Å². The maximum absolute atomic E-state index is 11.6. The second-order valence-electron chi connectivity index (χ2n) is 29.3. The molecular formula is C74H92BBrN18O7S3Si2. The molecule has 0 amide bonds. The number of hydrogen-bond acceptors (Lipinski definition) is 27. The molecular weight excluding hydrogens is 1500 g/mol. The van der Waals surface area contributed by atoms with Crippen LogP contribution in [-0.4, -0.2) is 151 Å². The highest BCUT2D eigenvalue weighted by Gasteiger charge is 2.52. The number of rotatable bonds is 24. The number of H-pyrrole nitrogens is 1. The summed E-state index contributed by atoms with van der Waals surface area (Å²) < 4.78 is 35.4. The summed E-state index contributed by atoms with van der Waals surface area (Å²) in [5, 5.41) is 34.4. The molecule has 12 aromatic heterocycles. The van der Waals surface area contributed by atoms with Gasteiger partial charge in [0, 0.05) is 118 Å². The topological polar surface area (TPSA) is 287 Å². The van der Waals surface area contributed by atoms with Gasteiger partial charge in [-0.15, -0.1) is 30.6 Å². The summed E-state index contributed by atoms with van der Waals surface area (Å²) in [5.41, 5.74) is 8.43. The smallest absolute Gasteiger partial charge is 0.481 e. The number of fused-ring (bicyclic) bond motifs is 3. The Morgan fingerprint density at radius 3 is 1.51 bits per heavy atom. The van der Waals surface area contributed by atoms with Crippen LogP contribution in [0.25, 0.3) is 55.4 Å². The van der Waals surface area contributed by atoms with Crippen LogP contribution in [-0.2, 0) is 18.8 Å². The molecule has 13 heterocycles. The van der Waals surface area contributed by atoms with Crippen LogP contribution in [0.5, 0.6) is 11.8 Å². The second kappa shape index (κ2) is 35.4. The molecule has 1 aliphatic heterocycles. The monoisotopic (exact) mass is 1590 g/mol. The van der Waals surface area contributed by atoms with Crippen LogP contribution >= 0.6 is 49.9 Å². The van der Waals surface area contributed by atoms with Crippen molar-refractivity contribution in [3.8, 4) is 34.0 Å². The SMILES string of the molecule is CC(C)c1nnc(N(COCC[Si](C)(C)C)c2ccc3nccc(Br)c3n2)s1.CC(C)c1nnc(Nc2ccc3nccc(-c4cc[nH]c(=O)c4)c3n2)s1.COc1cc(-c2ccnc3ccc(N(COCC[Si](C)(C)C)c4nnc(C(C)C)s4)nc23)ccn1.COc1cc(B2OC(C)(C)C(C)(C)O2)ccn1. The van der Waals surface area contributed by atoms with Gasteiger partial charge in [-0.1, -0.05) is 115 Å². The first-order valence-electron chi connectivity index (χ1n) is 34.9. The summed E-state index contributed by atoms with van der Waals surface area (Å²) in [6.45, 7) is 37.1. The standard InChI is InChI=1S/C25H32N6O2SSi.C19H26BrN5OSSi.C18H16N6OS.C12H18BNO3/c1-17(2)24-29-30-25(34-24)31(16-33-13-14-35(4,5)6)21-8-7-20-23(28-21)19(10-12-26-20)18-9-11-27-22(15-18)32-3;1-13(2)18-23-24-19(27-18)25(12-26-10-11-28(3,4)5)16-7-6-15-17(22-16)14(20)8-9-21-15;1-10(2)17-23-24-18(26-17)22-14-4-3-13-16(21-14)12(6-8-19-13)11-5-7-20-15(25)9-11;1-11(2)12(3,4)17-13(16-11)9-6-7-14-10(8-9)15-5/h7-12,15,17H,13-14,16H2,1-6H3;6-9,13H,10-12H2,1-5H3;3-10H,1-2H3,(H,20,25)(H,21,22,24);6-8H,1-5H3. The van der Waals surface area contributed by atoms with Crippen LogP contribution in [0, 0.1) is 0 Å². The van der Waals surface area contributed by atoms with E-state index in [1.165, 1.54) is 11.3 Å². The number of nitrogens with one attached hydrogen (secondary N) is 2. The van der Waals surface area contributed by atoms with Gasteiger partial charge in [0.1, 0.15) is 51.5 Å². The molecule has 0 aliphatic carbocycles. The Morgan fingerprint density at radius 2 is 1.00 bits per heavy atom. The second-order valence-corrected chi connectivity index (χ2v) is 44.4. The maximum atomic E-state index is 11.6. The molecule has 0 spiro atoms. The van der Waals surface area contributed by atoms with Gasteiger partial charge in [0.25, 0.3) is 0 Å². The first kappa shape index (κ1) is 80.0. The summed E-state index contributed by atoms with van der Waals surface area (Å²) >= 11 is 8.23. The lowest BCUT2D eigenvalue weighted by Crippen LogP contribution is -2.41. The van der Waals surface area contributed by atoms with Gasteiger partial charge in [-0.05, 0) is 145 Å². The fourth-order valence-corrected chi connectivity index (χ4v) is 14.5. The number of anilines is 6. The van der Waals surface area contributed by atoms with Gasteiger partial charge in [0.15, 0.2) is 0 Å². The highest BCUT2D eigenvalue weighted by molar-refractivity contribution is 9.10. The highest BCUT2D eigenvalue weighted by Crippen LogP contribution is 2.39. The lowest BCUT2D eigenvalue weighted by Gasteiger charge is -2.32. The summed E-state index contributed by atoms with van der Waals surface area (Å²) in [4.78, 5) is 54.4. The van der Waals surface area contributed by atoms with E-state index < -0.39 is 16.1 Å². The summed E-state index contributed by atoms with van der Waals surface area (Å²) in [5.74, 6) is 4.27. The molecule has 13 rings (SSSR count). The Balaban J connectivity index is 0.000000155. The number of aromatic nitrogens is 15. The third-order valence-electron chi connectivity index (χ3n) is 17.0. The van der Waals surface area contributed by atoms with Crippen molar-refractivity contribution in [1.29, 1.82) is 0 Å². The van der Waals surface area contributed by atoms with Gasteiger partial charge < -0.3 is 38.6 Å². The van der Waals surface area contributed by atoms with E-state index >= 15 is 0 Å². The molecule has 1 fully saturated rings. The molecule has 0 unspecified atom stereocenters. The molecule has 1 aliphatic rings. The van der Waals surface area contributed by atoms with Crippen LogP contribution in [0.4, 0.5) is 32.8 Å². The minimum Gasteiger partial charge on any atom is -0.481 e. The normalized spacial score (nSPS) is 13.3. The Hall–Kier alpha value is -8.57. The minimum absolute atomic E-state index is 0.156. The largest absolute Gasteiger partial charge is 0.495 e. The Kier molecular flexibility index (Phi) is 26.7. The molecule has 25 nitrogen and oxygen atoms in total. The zero-order valence-corrected chi connectivity index (χ0v) is 69.3. The van der Waals surface area contributed by atoms with Crippen molar-refractivity contribution < 1.29 is 28.3 Å². The lowest BCUT2D eigenvalue weighted by molar-refractivity contribution is 0.00578. The first-order chi connectivity index (χ1) is 50.4. The first-order valence-corrected chi connectivity index (χ1v) is 45.6. The van der Waals surface area contributed by atoms with E-state index in [0.717, 1.165) is 121 Å². The van der Waals surface area contributed by atoms with Gasteiger partial charge in [0.2, 0.25) is 32.7 Å². The molecule has 556 valence electrons. The summed E-state index contributed by atoms with van der Waals surface area (Å²) in [6.07, 6.45) is 10.3. The predicted octanol–water partition coefficient (Wildman–Crippen LogP) is 17.0. The van der Waals surface area contributed by atoms with Crippen molar-refractivity contribution in [2.24, 2.45) is 0 Å². The number of nitrogens with zero attached hydrogens (tertiary/aromatic N) is 16. The van der Waals surface area contributed by atoms with E-state index in [2.05, 4.69) is 168 Å². The Bertz CT molecular complexity index is 4960. The van der Waals surface area contributed by atoms with E-state index in [1.54, 1.807) is 80.1 Å². The molecule has 106 heavy (non-hydrogen) atoms. The highest BCUT2D eigenvalue weighted by atomic mass is 79.9. The molecule has 0 radical (unpaired) electrons. The van der Waals surface area contributed by atoms with Crippen LogP contribution in [0.2, 0.25) is 51.4 Å². The molecule has 1 saturated heterocycles. The van der Waals surface area contributed by atoms with Gasteiger partial charge in [0.05, 0.1) is 53.0 Å². The average molecular weight is 1590 g/mol. The van der Waals surface area contributed by atoms with E-state index in [9.17, 15) is 4.79 Å². The Morgan fingerprint density at radius 1 is 0.538 bits per heavy atom. The fourth-order valence-electron chi connectivity index (χ4n) is 10.1. The number of ether oxygens (including phenoxy) is 4. The molecule has 2 N–H and O–H groups in total. The molecule has 12 aromatic rings. The zero-order valence-electron chi connectivity index (χ0n) is 63.3. The Labute approximate surface area is 641 Å². The summed E-state index contributed by atoms with van der Waals surface area (Å²) in [6, 6.07) is 30.5. The summed E-state index contributed by atoms with van der Waals surface area (Å²) in [7, 11) is 0.504. The van der Waals surface area contributed by atoms with Crippen molar-refractivity contribution >= 4 is 145 Å². The van der Waals surface area contributed by atoms with Crippen molar-refractivity contribution in [3.05, 3.63) is 158 Å². The number of hydrogen-bond donors (Lipinski definition) is 2. The van der Waals surface area contributed by atoms with Gasteiger partial charge in [-0.25, -0.2) is 24.9 Å². The van der Waals surface area contributed by atoms with Gasteiger partial charge in [-0.3, -0.25) is 29.5 Å². The third-order valence-corrected chi connectivity index (χ3v) is 24.7. The maximum Gasteiger partial charge on any atom is 0.495 e.